The van der Waals surface area contributed by atoms with E-state index in [1.165, 1.54) is 7.11 Å². The number of methoxy groups -OCH3 is 1. The number of hydrogen-bond acceptors (Lipinski definition) is 3. The van der Waals surface area contributed by atoms with Crippen molar-refractivity contribution in [3.8, 4) is 0 Å². The summed E-state index contributed by atoms with van der Waals surface area (Å²) in [5.74, 6) is -0.755. The van der Waals surface area contributed by atoms with Crippen LogP contribution in [0.1, 0.15) is 23.5 Å². The highest BCUT2D eigenvalue weighted by atomic mass is 16.5. The molecule has 1 aliphatic rings. The number of benzene rings is 2. The molecule has 24 heavy (non-hydrogen) atoms. The summed E-state index contributed by atoms with van der Waals surface area (Å²) in [6.45, 7) is 1.02. The van der Waals surface area contributed by atoms with Gasteiger partial charge in [0.05, 0.1) is 18.9 Å². The van der Waals surface area contributed by atoms with Crippen LogP contribution in [-0.4, -0.2) is 37.0 Å². The highest BCUT2D eigenvalue weighted by Crippen LogP contribution is 2.29. The fourth-order valence-electron chi connectivity index (χ4n) is 3.27. The number of esters is 1. The molecule has 0 radical (unpaired) electrons. The van der Waals surface area contributed by atoms with E-state index >= 15 is 0 Å². The molecule has 0 N–H and O–H groups in total. The Morgan fingerprint density at radius 3 is 2.04 bits per heavy atom. The molecule has 1 aliphatic heterocycles. The molecule has 0 saturated carbocycles. The molecule has 0 aliphatic carbocycles. The third kappa shape index (κ3) is 3.32. The second kappa shape index (κ2) is 7.30. The molecule has 124 valence electrons. The number of carbonyl (C=O) groups excluding carboxylic acids is 2. The van der Waals surface area contributed by atoms with Crippen LogP contribution in [0.4, 0.5) is 0 Å². The van der Waals surface area contributed by atoms with Gasteiger partial charge in [0, 0.05) is 13.1 Å². The van der Waals surface area contributed by atoms with Gasteiger partial charge in [0.1, 0.15) is 0 Å². The van der Waals surface area contributed by atoms with Gasteiger partial charge in [-0.2, -0.15) is 0 Å². The van der Waals surface area contributed by atoms with E-state index in [2.05, 4.69) is 0 Å². The summed E-state index contributed by atoms with van der Waals surface area (Å²) < 4.78 is 4.82. The molecule has 1 unspecified atom stereocenters. The summed E-state index contributed by atoms with van der Waals surface area (Å²) in [5.41, 5.74) is 1.94. The van der Waals surface area contributed by atoms with Crippen LogP contribution in [0, 0.1) is 5.92 Å². The smallest absolute Gasteiger partial charge is 0.310 e. The Labute approximate surface area is 142 Å². The third-order valence-corrected chi connectivity index (χ3v) is 4.55. The number of rotatable bonds is 4. The van der Waals surface area contributed by atoms with E-state index in [-0.39, 0.29) is 23.7 Å². The second-order valence-electron chi connectivity index (χ2n) is 6.05. The fourth-order valence-corrected chi connectivity index (χ4v) is 3.27. The van der Waals surface area contributed by atoms with Crippen molar-refractivity contribution in [2.75, 3.05) is 20.2 Å². The molecule has 1 amide bonds. The summed E-state index contributed by atoms with van der Waals surface area (Å²) in [5, 5.41) is 0. The highest BCUT2D eigenvalue weighted by molar-refractivity contribution is 5.88. The first kappa shape index (κ1) is 16.2. The minimum atomic E-state index is -0.344. The average Bonchev–Trinajstić information content (AvgIpc) is 3.13. The van der Waals surface area contributed by atoms with Gasteiger partial charge in [-0.1, -0.05) is 60.7 Å². The Bertz CT molecular complexity index is 660. The van der Waals surface area contributed by atoms with Gasteiger partial charge in [0.15, 0.2) is 0 Å². The standard InChI is InChI=1S/C20H21NO3/c1-24-20(23)17-12-13-21(14-17)19(22)18(15-8-4-2-5-9-15)16-10-6-3-7-11-16/h2-11,17-18H,12-14H2,1H3. The minimum absolute atomic E-state index is 0.0406. The quantitative estimate of drug-likeness (QED) is 0.813. The predicted octanol–water partition coefficient (Wildman–Crippen LogP) is 2.84. The first-order valence-corrected chi connectivity index (χ1v) is 8.17. The minimum Gasteiger partial charge on any atom is -0.469 e. The van der Waals surface area contributed by atoms with Gasteiger partial charge in [-0.15, -0.1) is 0 Å². The predicted molar refractivity (Wildman–Crippen MR) is 91.4 cm³/mol. The molecule has 1 atom stereocenters. The number of carbonyl (C=O) groups is 2. The zero-order valence-corrected chi connectivity index (χ0v) is 13.7. The Morgan fingerprint density at radius 1 is 1.00 bits per heavy atom. The first-order chi connectivity index (χ1) is 11.7. The monoisotopic (exact) mass is 323 g/mol. The molecule has 0 spiro atoms. The normalized spacial score (nSPS) is 17.1. The van der Waals surface area contributed by atoms with Gasteiger partial charge in [0.25, 0.3) is 0 Å². The largest absolute Gasteiger partial charge is 0.469 e. The van der Waals surface area contributed by atoms with Crippen molar-refractivity contribution in [3.05, 3.63) is 71.8 Å². The van der Waals surface area contributed by atoms with E-state index in [0.29, 0.717) is 19.5 Å². The van der Waals surface area contributed by atoms with E-state index in [0.717, 1.165) is 11.1 Å². The average molecular weight is 323 g/mol. The number of nitrogens with zero attached hydrogens (tertiary/aromatic N) is 1. The van der Waals surface area contributed by atoms with E-state index in [9.17, 15) is 9.59 Å². The van der Waals surface area contributed by atoms with Gasteiger partial charge in [-0.3, -0.25) is 9.59 Å². The first-order valence-electron chi connectivity index (χ1n) is 8.17. The van der Waals surface area contributed by atoms with Crippen molar-refractivity contribution in [1.29, 1.82) is 0 Å². The molecule has 3 rings (SSSR count). The van der Waals surface area contributed by atoms with Crippen LogP contribution in [0.2, 0.25) is 0 Å². The van der Waals surface area contributed by atoms with Crippen LogP contribution < -0.4 is 0 Å². The van der Waals surface area contributed by atoms with Crippen LogP contribution in [0.3, 0.4) is 0 Å². The van der Waals surface area contributed by atoms with Gasteiger partial charge in [-0.05, 0) is 17.5 Å². The molecule has 2 aromatic rings. The maximum Gasteiger partial charge on any atom is 0.310 e. The summed E-state index contributed by atoms with van der Waals surface area (Å²) >= 11 is 0. The topological polar surface area (TPSA) is 46.6 Å². The molecule has 1 saturated heterocycles. The number of amides is 1. The van der Waals surface area contributed by atoms with Crippen molar-refractivity contribution in [2.45, 2.75) is 12.3 Å². The van der Waals surface area contributed by atoms with Crippen molar-refractivity contribution >= 4 is 11.9 Å². The lowest BCUT2D eigenvalue weighted by Gasteiger charge is -2.24. The zero-order chi connectivity index (χ0) is 16.9. The zero-order valence-electron chi connectivity index (χ0n) is 13.7. The van der Waals surface area contributed by atoms with Crippen LogP contribution in [-0.2, 0) is 14.3 Å². The van der Waals surface area contributed by atoms with Crippen molar-refractivity contribution in [1.82, 2.24) is 4.90 Å². The van der Waals surface area contributed by atoms with Gasteiger partial charge >= 0.3 is 5.97 Å². The van der Waals surface area contributed by atoms with E-state index in [4.69, 9.17) is 4.74 Å². The summed E-state index contributed by atoms with van der Waals surface area (Å²) in [4.78, 5) is 26.7. The maximum absolute atomic E-state index is 13.2. The number of ether oxygens (including phenoxy) is 1. The Balaban J connectivity index is 1.87. The van der Waals surface area contributed by atoms with Gasteiger partial charge in [-0.25, -0.2) is 0 Å². The molecule has 4 nitrogen and oxygen atoms in total. The van der Waals surface area contributed by atoms with E-state index < -0.39 is 0 Å². The fraction of sp³-hybridized carbons (Fsp3) is 0.300. The molecule has 2 aromatic carbocycles. The second-order valence-corrected chi connectivity index (χ2v) is 6.05. The van der Waals surface area contributed by atoms with Crippen molar-refractivity contribution in [3.63, 3.8) is 0 Å². The molecule has 0 bridgehead atoms. The number of hydrogen-bond donors (Lipinski definition) is 0. The molecular formula is C20H21NO3. The van der Waals surface area contributed by atoms with Crippen LogP contribution in [0.25, 0.3) is 0 Å². The van der Waals surface area contributed by atoms with Gasteiger partial charge < -0.3 is 9.64 Å². The van der Waals surface area contributed by atoms with Crippen LogP contribution in [0.5, 0.6) is 0 Å². The molecule has 1 fully saturated rings. The molecule has 4 heteroatoms. The lowest BCUT2D eigenvalue weighted by molar-refractivity contribution is -0.145. The van der Waals surface area contributed by atoms with E-state index in [1.54, 1.807) is 4.90 Å². The third-order valence-electron chi connectivity index (χ3n) is 4.55. The van der Waals surface area contributed by atoms with Crippen LogP contribution in [0.15, 0.2) is 60.7 Å². The Hall–Kier alpha value is -2.62. The lowest BCUT2D eigenvalue weighted by atomic mass is 9.90. The van der Waals surface area contributed by atoms with E-state index in [1.807, 2.05) is 60.7 Å². The molecule has 1 heterocycles. The summed E-state index contributed by atoms with van der Waals surface area (Å²) in [6, 6.07) is 19.6. The number of likely N-dealkylation sites (tertiary alicyclic amines) is 1. The van der Waals surface area contributed by atoms with Gasteiger partial charge in [0.2, 0.25) is 5.91 Å². The van der Waals surface area contributed by atoms with Crippen molar-refractivity contribution in [2.24, 2.45) is 5.92 Å². The lowest BCUT2D eigenvalue weighted by Crippen LogP contribution is -2.34. The Morgan fingerprint density at radius 2 is 1.54 bits per heavy atom. The molecular weight excluding hydrogens is 302 g/mol. The Kier molecular flexibility index (Phi) is 4.94. The summed E-state index contributed by atoms with van der Waals surface area (Å²) in [7, 11) is 1.39. The maximum atomic E-state index is 13.2. The van der Waals surface area contributed by atoms with Crippen LogP contribution >= 0.6 is 0 Å². The highest BCUT2D eigenvalue weighted by Gasteiger charge is 2.35. The summed E-state index contributed by atoms with van der Waals surface area (Å²) in [6.07, 6.45) is 0.661. The molecule has 0 aromatic heterocycles. The van der Waals surface area contributed by atoms with Crippen molar-refractivity contribution < 1.29 is 14.3 Å². The SMILES string of the molecule is COC(=O)C1CCN(C(=O)C(c2ccccc2)c2ccccc2)C1.